The van der Waals surface area contributed by atoms with Crippen molar-refractivity contribution in [1.82, 2.24) is 0 Å². The fourth-order valence-corrected chi connectivity index (χ4v) is 0.650. The first-order valence-corrected chi connectivity index (χ1v) is 2.55. The van der Waals surface area contributed by atoms with Gasteiger partial charge in [-0.05, 0) is 11.0 Å². The molecule has 4 heteroatoms. The molecule has 0 aromatic heterocycles. The van der Waals surface area contributed by atoms with Crippen LogP contribution in [0.15, 0.2) is 17.2 Å². The van der Waals surface area contributed by atoms with Crippen molar-refractivity contribution in [2.75, 3.05) is 0 Å². The van der Waals surface area contributed by atoms with Crippen molar-refractivity contribution < 1.29 is 60.2 Å². The predicted octanol–water partition coefficient (Wildman–Crippen LogP) is -5.09. The molecule has 0 aromatic carbocycles. The Kier molecular flexibility index (Phi) is 24.0. The van der Waals surface area contributed by atoms with Crippen LogP contribution in [0.2, 0.25) is 0 Å². The molecule has 1 aliphatic rings. The van der Waals surface area contributed by atoms with Crippen molar-refractivity contribution in [2.24, 2.45) is 0 Å². The second-order valence-corrected chi connectivity index (χ2v) is 1.89. The van der Waals surface area contributed by atoms with Gasteiger partial charge in [-0.3, -0.25) is 6.08 Å². The molecule has 2 radical (unpaired) electrons. The predicted molar refractivity (Wildman–Crippen MR) is 40.7 cm³/mol. The molecule has 0 saturated carbocycles. The van der Waals surface area contributed by atoms with Crippen LogP contribution in [-0.2, 0) is 26.2 Å². The molecule has 0 aromatic rings. The van der Waals surface area contributed by atoms with E-state index >= 15 is 0 Å². The molecule has 0 aliphatic heterocycles. The average molecular weight is 375 g/mol. The summed E-state index contributed by atoms with van der Waals surface area (Å²) in [5.41, 5.74) is 2.71. The summed E-state index contributed by atoms with van der Waals surface area (Å²) >= 11 is 0. The molecule has 1 aliphatic carbocycles. The van der Waals surface area contributed by atoms with E-state index in [1.165, 1.54) is 11.1 Å². The summed E-state index contributed by atoms with van der Waals surface area (Å²) in [5.74, 6) is 0. The third kappa shape index (κ3) is 7.89. The standard InChI is InChI=1S/C7H9.2BrH.H3Si.Zr/c1-6-4-3-5-7(6)2;;;;/h4H,3H2,1-2H3;2*1H;1H3;/q-1;;;;+3/p-2. The van der Waals surface area contributed by atoms with E-state index in [2.05, 4.69) is 26.0 Å². The summed E-state index contributed by atoms with van der Waals surface area (Å²) in [4.78, 5) is 0. The quantitative estimate of drug-likeness (QED) is 0.294. The third-order valence-corrected chi connectivity index (χ3v) is 1.37. The van der Waals surface area contributed by atoms with Gasteiger partial charge in [0.05, 0.1) is 0 Å². The van der Waals surface area contributed by atoms with E-state index in [4.69, 9.17) is 0 Å². The van der Waals surface area contributed by atoms with Crippen molar-refractivity contribution in [3.63, 3.8) is 0 Å². The minimum atomic E-state index is 0. The SMILES string of the molecule is CC1=[C-]CC=C1C.[Br-].[Br-].[SiH3].[Zr+3]. The smallest absolute Gasteiger partial charge is 1.00 e. The van der Waals surface area contributed by atoms with Gasteiger partial charge in [0.2, 0.25) is 0 Å². The van der Waals surface area contributed by atoms with Gasteiger partial charge in [0.25, 0.3) is 0 Å². The van der Waals surface area contributed by atoms with Gasteiger partial charge < -0.3 is 34.0 Å². The van der Waals surface area contributed by atoms with Gasteiger partial charge in [-0.25, -0.2) is 11.1 Å². The molecular formula is C7H12Br2SiZr. The maximum Gasteiger partial charge on any atom is 3.00 e. The maximum absolute atomic E-state index is 3.19. The van der Waals surface area contributed by atoms with E-state index in [1.54, 1.807) is 0 Å². The Bertz CT molecular complexity index is 127. The van der Waals surface area contributed by atoms with E-state index in [1.807, 2.05) is 0 Å². The van der Waals surface area contributed by atoms with Crippen LogP contribution in [0.25, 0.3) is 0 Å². The minimum absolute atomic E-state index is 0. The Hall–Kier alpha value is 1.54. The first kappa shape index (κ1) is 22.9. The number of rotatable bonds is 0. The molecular weight excluding hydrogens is 363 g/mol. The van der Waals surface area contributed by atoms with Crippen molar-refractivity contribution in [2.45, 2.75) is 20.3 Å². The normalized spacial score (nSPS) is 12.2. The Morgan fingerprint density at radius 1 is 1.27 bits per heavy atom. The van der Waals surface area contributed by atoms with Crippen LogP contribution in [0.3, 0.4) is 0 Å². The van der Waals surface area contributed by atoms with Crippen molar-refractivity contribution in [3.05, 3.63) is 23.3 Å². The van der Waals surface area contributed by atoms with Crippen molar-refractivity contribution >= 4 is 11.0 Å². The molecule has 0 nitrogen and oxygen atoms in total. The van der Waals surface area contributed by atoms with Gasteiger partial charge >= 0.3 is 26.2 Å². The Morgan fingerprint density at radius 3 is 1.82 bits per heavy atom. The van der Waals surface area contributed by atoms with E-state index in [9.17, 15) is 0 Å². The molecule has 62 valence electrons. The molecule has 0 unspecified atom stereocenters. The number of hydrogen-bond donors (Lipinski definition) is 0. The van der Waals surface area contributed by atoms with Crippen LogP contribution < -0.4 is 34.0 Å². The summed E-state index contributed by atoms with van der Waals surface area (Å²) in [6, 6.07) is 0. The summed E-state index contributed by atoms with van der Waals surface area (Å²) < 4.78 is 0. The van der Waals surface area contributed by atoms with Crippen LogP contribution in [0.1, 0.15) is 20.3 Å². The molecule has 0 fully saturated rings. The van der Waals surface area contributed by atoms with E-state index in [0.717, 1.165) is 6.42 Å². The first-order chi connectivity index (χ1) is 3.30. The van der Waals surface area contributed by atoms with Crippen LogP contribution in [0.4, 0.5) is 0 Å². The van der Waals surface area contributed by atoms with Gasteiger partial charge in [0.15, 0.2) is 0 Å². The molecule has 0 spiro atoms. The second kappa shape index (κ2) is 11.5. The first-order valence-electron chi connectivity index (χ1n) is 2.55. The molecule has 0 amide bonds. The number of allylic oxidation sites excluding steroid dienone is 4. The fraction of sp³-hybridized carbons (Fsp3) is 0.429. The van der Waals surface area contributed by atoms with Crippen LogP contribution >= 0.6 is 0 Å². The minimum Gasteiger partial charge on any atom is -1.00 e. The van der Waals surface area contributed by atoms with Crippen LogP contribution in [-0.4, -0.2) is 11.0 Å². The zero-order valence-corrected chi connectivity index (χ0v) is 14.7. The van der Waals surface area contributed by atoms with Gasteiger partial charge in [-0.1, -0.05) is 6.92 Å². The van der Waals surface area contributed by atoms with Gasteiger partial charge in [-0.15, -0.1) is 13.3 Å². The van der Waals surface area contributed by atoms with E-state index in [-0.39, 0.29) is 71.1 Å². The second-order valence-electron chi connectivity index (χ2n) is 1.89. The molecule has 11 heavy (non-hydrogen) atoms. The van der Waals surface area contributed by atoms with Crippen LogP contribution in [0.5, 0.6) is 0 Å². The van der Waals surface area contributed by atoms with Gasteiger partial charge in [0, 0.05) is 0 Å². The monoisotopic (exact) mass is 372 g/mol. The van der Waals surface area contributed by atoms with Crippen molar-refractivity contribution in [3.8, 4) is 0 Å². The molecule has 0 bridgehead atoms. The summed E-state index contributed by atoms with van der Waals surface area (Å²) in [7, 11) is 0. The summed E-state index contributed by atoms with van der Waals surface area (Å²) in [6.07, 6.45) is 6.41. The van der Waals surface area contributed by atoms with Gasteiger partial charge in [-0.2, -0.15) is 6.08 Å². The summed E-state index contributed by atoms with van der Waals surface area (Å²) in [6.45, 7) is 4.22. The van der Waals surface area contributed by atoms with Crippen LogP contribution in [0, 0.1) is 6.08 Å². The zero-order chi connectivity index (χ0) is 5.28. The van der Waals surface area contributed by atoms with E-state index in [0.29, 0.717) is 0 Å². The Balaban J connectivity index is -0.0000000612. The third-order valence-electron chi connectivity index (χ3n) is 1.37. The maximum atomic E-state index is 3.19. The number of halogens is 2. The van der Waals surface area contributed by atoms with Crippen molar-refractivity contribution in [1.29, 1.82) is 0 Å². The van der Waals surface area contributed by atoms with E-state index < -0.39 is 0 Å². The largest absolute Gasteiger partial charge is 3.00 e. The zero-order valence-electron chi connectivity index (χ0n) is 7.04. The molecule has 0 N–H and O–H groups in total. The summed E-state index contributed by atoms with van der Waals surface area (Å²) in [5, 5.41) is 0. The molecule has 0 atom stereocenters. The molecule has 0 saturated heterocycles. The Morgan fingerprint density at radius 2 is 1.73 bits per heavy atom. The van der Waals surface area contributed by atoms with Gasteiger partial charge in [0.1, 0.15) is 0 Å². The fourth-order valence-electron chi connectivity index (χ4n) is 0.650. The number of hydrogen-bond acceptors (Lipinski definition) is 0. The molecule has 0 heterocycles. The Labute approximate surface area is 114 Å². The topological polar surface area (TPSA) is 0 Å². The molecule has 1 rings (SSSR count). The average Bonchev–Trinajstić information content (AvgIpc) is 1.91.